The van der Waals surface area contributed by atoms with Gasteiger partial charge in [0.25, 0.3) is 0 Å². The molecule has 0 fully saturated rings. The second-order valence-electron chi connectivity index (χ2n) is 1.15. The molecule has 0 aliphatic rings. The summed E-state index contributed by atoms with van der Waals surface area (Å²) in [6.45, 7) is 0. The van der Waals surface area contributed by atoms with Gasteiger partial charge >= 0.3 is 58.2 Å². The SMILES string of the molecule is [CH3][Sn+2][CH2]CCBr. The molecule has 0 bridgehead atoms. The van der Waals surface area contributed by atoms with E-state index >= 15 is 0 Å². The van der Waals surface area contributed by atoms with E-state index < -0.39 is 0 Å². The molecule has 0 aromatic carbocycles. The van der Waals surface area contributed by atoms with Gasteiger partial charge in [0.1, 0.15) is 0 Å². The molecule has 0 aliphatic carbocycles. The van der Waals surface area contributed by atoms with E-state index in [1.807, 2.05) is 0 Å². The Hall–Kier alpha value is 1.28. The molecule has 0 saturated heterocycles. The Labute approximate surface area is 58.0 Å². The van der Waals surface area contributed by atoms with E-state index in [1.165, 1.54) is 16.2 Å². The van der Waals surface area contributed by atoms with Crippen molar-refractivity contribution in [1.29, 1.82) is 0 Å². The van der Waals surface area contributed by atoms with Crippen LogP contribution >= 0.6 is 15.9 Å². The van der Waals surface area contributed by atoms with Gasteiger partial charge in [-0.1, -0.05) is 0 Å². The molecule has 0 atom stereocenters. The monoisotopic (exact) mass is 256 g/mol. The van der Waals surface area contributed by atoms with Gasteiger partial charge in [0, 0.05) is 0 Å². The zero-order chi connectivity index (χ0) is 4.83. The molecule has 0 nitrogen and oxygen atoms in total. The first-order chi connectivity index (χ1) is 2.91. The Bertz CT molecular complexity index is 19.5. The zero-order valence-corrected chi connectivity index (χ0v) is 8.44. The normalized spacial score (nSPS) is 7.67. The van der Waals surface area contributed by atoms with Gasteiger partial charge in [-0.15, -0.1) is 0 Å². The molecule has 0 rings (SSSR count). The summed E-state index contributed by atoms with van der Waals surface area (Å²) in [7, 11) is 0. The molecular weight excluding hydrogens is 247 g/mol. The Balaban J connectivity index is 2.34. The summed E-state index contributed by atoms with van der Waals surface area (Å²) in [4.78, 5) is 2.38. The Morgan fingerprint density at radius 1 is 1.67 bits per heavy atom. The van der Waals surface area contributed by atoms with Crippen LogP contribution in [0.15, 0.2) is 0 Å². The summed E-state index contributed by atoms with van der Waals surface area (Å²) in [6.07, 6.45) is 1.41. The second-order valence-corrected chi connectivity index (χ2v) is 5.38. The number of hydrogen-bond donors (Lipinski definition) is 0. The van der Waals surface area contributed by atoms with E-state index in [0.717, 1.165) is 0 Å². The van der Waals surface area contributed by atoms with Crippen LogP contribution in [0.2, 0.25) is 9.38 Å². The molecule has 0 saturated carbocycles. The number of alkyl halides is 1. The fraction of sp³-hybridized carbons (Fsp3) is 1.00. The van der Waals surface area contributed by atoms with Crippen LogP contribution in [0.1, 0.15) is 6.42 Å². The molecule has 0 unspecified atom stereocenters. The Morgan fingerprint density at radius 3 is 2.50 bits per heavy atom. The second kappa shape index (κ2) is 6.28. The molecule has 0 aromatic rings. The van der Waals surface area contributed by atoms with Gasteiger partial charge in [-0.25, -0.2) is 0 Å². The van der Waals surface area contributed by atoms with Crippen molar-refractivity contribution in [2.75, 3.05) is 5.33 Å². The quantitative estimate of drug-likeness (QED) is 0.411. The molecule has 0 heterocycles. The minimum atomic E-state index is 0.160. The third kappa shape index (κ3) is 5.28. The van der Waals surface area contributed by atoms with Gasteiger partial charge in [0.2, 0.25) is 0 Å². The molecule has 0 aromatic heterocycles. The van der Waals surface area contributed by atoms with Gasteiger partial charge in [-0.3, -0.25) is 0 Å². The van der Waals surface area contributed by atoms with Crippen LogP contribution in [-0.4, -0.2) is 26.5 Å². The molecule has 0 radical (unpaired) electrons. The molecule has 2 heteroatoms. The van der Waals surface area contributed by atoms with Crippen LogP contribution in [-0.2, 0) is 0 Å². The van der Waals surface area contributed by atoms with Crippen molar-refractivity contribution in [2.24, 2.45) is 0 Å². The summed E-state index contributed by atoms with van der Waals surface area (Å²) in [5.41, 5.74) is 0. The zero-order valence-electron chi connectivity index (χ0n) is 4.00. The van der Waals surface area contributed by atoms with Crippen LogP contribution in [0.25, 0.3) is 0 Å². The van der Waals surface area contributed by atoms with Crippen molar-refractivity contribution >= 4 is 37.1 Å². The van der Waals surface area contributed by atoms with E-state index in [1.54, 1.807) is 0 Å². The Morgan fingerprint density at radius 2 is 2.33 bits per heavy atom. The van der Waals surface area contributed by atoms with E-state index in [-0.39, 0.29) is 21.1 Å². The number of hydrogen-bond acceptors (Lipinski definition) is 0. The fourth-order valence-corrected chi connectivity index (χ4v) is 3.51. The molecule has 0 spiro atoms. The first-order valence-corrected chi connectivity index (χ1v) is 8.11. The molecular formula is C4H9BrSn+2. The van der Waals surface area contributed by atoms with Gasteiger partial charge in [-0.2, -0.15) is 0 Å². The van der Waals surface area contributed by atoms with E-state index in [2.05, 4.69) is 20.9 Å². The third-order valence-electron chi connectivity index (χ3n) is 0.560. The van der Waals surface area contributed by atoms with E-state index in [9.17, 15) is 0 Å². The molecule has 0 N–H and O–H groups in total. The number of halogens is 1. The first-order valence-electron chi connectivity index (χ1n) is 2.12. The van der Waals surface area contributed by atoms with Crippen LogP contribution < -0.4 is 0 Å². The van der Waals surface area contributed by atoms with Crippen molar-refractivity contribution in [1.82, 2.24) is 0 Å². The fourth-order valence-electron chi connectivity index (χ4n) is 0.244. The number of rotatable bonds is 3. The van der Waals surface area contributed by atoms with Gasteiger partial charge in [0.05, 0.1) is 0 Å². The average Bonchev–Trinajstić information content (AvgIpc) is 1.61. The average molecular weight is 256 g/mol. The molecule has 6 heavy (non-hydrogen) atoms. The van der Waals surface area contributed by atoms with Crippen molar-refractivity contribution in [2.45, 2.75) is 15.8 Å². The standard InChI is InChI=1S/C3H6Br.CH3.Sn/c1-2-3-4;;/h1-3H2;1H3;/q;;+2. The van der Waals surface area contributed by atoms with Crippen molar-refractivity contribution in [3.05, 3.63) is 0 Å². The van der Waals surface area contributed by atoms with Crippen molar-refractivity contribution in [3.63, 3.8) is 0 Å². The van der Waals surface area contributed by atoms with Crippen LogP contribution in [0.5, 0.6) is 0 Å². The van der Waals surface area contributed by atoms with E-state index in [0.29, 0.717) is 0 Å². The minimum absolute atomic E-state index is 0.160. The summed E-state index contributed by atoms with van der Waals surface area (Å²) in [5, 5.41) is 1.21. The third-order valence-corrected chi connectivity index (χ3v) is 3.56. The van der Waals surface area contributed by atoms with E-state index in [4.69, 9.17) is 0 Å². The van der Waals surface area contributed by atoms with Crippen LogP contribution in [0.4, 0.5) is 0 Å². The predicted molar refractivity (Wildman–Crippen MR) is 34.8 cm³/mol. The summed E-state index contributed by atoms with van der Waals surface area (Å²) in [6, 6.07) is 0. The van der Waals surface area contributed by atoms with Crippen LogP contribution in [0, 0.1) is 0 Å². The summed E-state index contributed by atoms with van der Waals surface area (Å²) < 4.78 is 1.54. The molecule has 0 amide bonds. The Kier molecular flexibility index (Phi) is 7.62. The van der Waals surface area contributed by atoms with Gasteiger partial charge < -0.3 is 0 Å². The summed E-state index contributed by atoms with van der Waals surface area (Å²) >= 11 is 3.54. The molecule has 34 valence electrons. The van der Waals surface area contributed by atoms with Crippen LogP contribution in [0.3, 0.4) is 0 Å². The van der Waals surface area contributed by atoms with Gasteiger partial charge in [0.15, 0.2) is 0 Å². The molecule has 0 aliphatic heterocycles. The van der Waals surface area contributed by atoms with Crippen molar-refractivity contribution in [3.8, 4) is 0 Å². The first kappa shape index (κ1) is 7.28. The maximum absolute atomic E-state index is 3.38. The van der Waals surface area contributed by atoms with Crippen molar-refractivity contribution < 1.29 is 0 Å². The topological polar surface area (TPSA) is 0 Å². The van der Waals surface area contributed by atoms with Gasteiger partial charge in [-0.05, 0) is 0 Å². The predicted octanol–water partition coefficient (Wildman–Crippen LogP) is 1.94. The summed E-state index contributed by atoms with van der Waals surface area (Å²) in [5.74, 6) is 0. The maximum atomic E-state index is 3.38.